The van der Waals surface area contributed by atoms with E-state index in [1.165, 1.54) is 0 Å². The number of nitrogens with one attached hydrogen (secondary N) is 2. The van der Waals surface area contributed by atoms with Crippen molar-refractivity contribution in [3.05, 3.63) is 29.8 Å². The lowest BCUT2D eigenvalue weighted by molar-refractivity contribution is -0.120. The van der Waals surface area contributed by atoms with Crippen LogP contribution in [0.5, 0.6) is 5.75 Å². The van der Waals surface area contributed by atoms with Crippen LogP contribution in [0.4, 0.5) is 0 Å². The molecule has 1 amide bonds. The van der Waals surface area contributed by atoms with Crippen molar-refractivity contribution >= 4 is 5.91 Å². The molecule has 0 aliphatic carbocycles. The summed E-state index contributed by atoms with van der Waals surface area (Å²) >= 11 is 0. The molecule has 0 fully saturated rings. The van der Waals surface area contributed by atoms with Gasteiger partial charge >= 0.3 is 0 Å². The second-order valence-electron chi connectivity index (χ2n) is 5.52. The van der Waals surface area contributed by atoms with Crippen molar-refractivity contribution in [2.75, 3.05) is 20.2 Å². The van der Waals surface area contributed by atoms with Crippen LogP contribution in [-0.2, 0) is 11.2 Å². The largest absolute Gasteiger partial charge is 0.493 e. The standard InChI is InChI=1S/C16H26N2O2/c1-12(2)11-20-15-7-5-14(6-8-15)9-16(19)18-10-13(3)17-4/h5-8,12-13,17H,9-11H2,1-4H3,(H,18,19). The van der Waals surface area contributed by atoms with Gasteiger partial charge in [-0.25, -0.2) is 0 Å². The van der Waals surface area contributed by atoms with Gasteiger partial charge in [0.25, 0.3) is 0 Å². The Hall–Kier alpha value is -1.55. The number of likely N-dealkylation sites (N-methyl/N-ethyl adjacent to an activating group) is 1. The van der Waals surface area contributed by atoms with Crippen LogP contribution in [0.1, 0.15) is 26.3 Å². The maximum absolute atomic E-state index is 11.8. The van der Waals surface area contributed by atoms with E-state index in [-0.39, 0.29) is 11.9 Å². The summed E-state index contributed by atoms with van der Waals surface area (Å²) in [5.74, 6) is 1.41. The van der Waals surface area contributed by atoms with E-state index in [2.05, 4.69) is 24.5 Å². The summed E-state index contributed by atoms with van der Waals surface area (Å²) in [5.41, 5.74) is 0.997. The molecule has 0 saturated heterocycles. The monoisotopic (exact) mass is 278 g/mol. The van der Waals surface area contributed by atoms with Crippen LogP contribution >= 0.6 is 0 Å². The van der Waals surface area contributed by atoms with E-state index in [9.17, 15) is 4.79 Å². The Morgan fingerprint density at radius 1 is 1.20 bits per heavy atom. The van der Waals surface area contributed by atoms with Gasteiger partial charge in [-0.3, -0.25) is 4.79 Å². The van der Waals surface area contributed by atoms with E-state index >= 15 is 0 Å². The van der Waals surface area contributed by atoms with E-state index in [0.29, 0.717) is 25.5 Å². The van der Waals surface area contributed by atoms with Crippen molar-refractivity contribution in [1.82, 2.24) is 10.6 Å². The molecule has 1 aromatic carbocycles. The minimum Gasteiger partial charge on any atom is -0.493 e. The van der Waals surface area contributed by atoms with Crippen LogP contribution in [0.25, 0.3) is 0 Å². The van der Waals surface area contributed by atoms with Gasteiger partial charge in [0.05, 0.1) is 13.0 Å². The number of amides is 1. The Morgan fingerprint density at radius 2 is 1.85 bits per heavy atom. The lowest BCUT2D eigenvalue weighted by atomic mass is 10.1. The smallest absolute Gasteiger partial charge is 0.224 e. The first kappa shape index (κ1) is 16.5. The molecule has 0 spiro atoms. The van der Waals surface area contributed by atoms with Gasteiger partial charge < -0.3 is 15.4 Å². The number of ether oxygens (including phenoxy) is 1. The van der Waals surface area contributed by atoms with E-state index in [4.69, 9.17) is 4.74 Å². The average Bonchev–Trinajstić information content (AvgIpc) is 2.44. The predicted molar refractivity (Wildman–Crippen MR) is 82.0 cm³/mol. The topological polar surface area (TPSA) is 50.4 Å². The van der Waals surface area contributed by atoms with Crippen molar-refractivity contribution in [2.45, 2.75) is 33.2 Å². The fourth-order valence-electron chi connectivity index (χ4n) is 1.58. The maximum atomic E-state index is 11.8. The molecule has 0 saturated carbocycles. The van der Waals surface area contributed by atoms with Crippen LogP contribution in [-0.4, -0.2) is 32.1 Å². The first-order valence-corrected chi connectivity index (χ1v) is 7.17. The van der Waals surface area contributed by atoms with Crippen molar-refractivity contribution in [2.24, 2.45) is 5.92 Å². The predicted octanol–water partition coefficient (Wildman–Crippen LogP) is 1.99. The van der Waals surface area contributed by atoms with Gasteiger partial charge in [0, 0.05) is 12.6 Å². The highest BCUT2D eigenvalue weighted by molar-refractivity contribution is 5.78. The third kappa shape index (κ3) is 6.57. The third-order valence-corrected chi connectivity index (χ3v) is 2.97. The first-order chi connectivity index (χ1) is 9.51. The van der Waals surface area contributed by atoms with Crippen molar-refractivity contribution in [3.8, 4) is 5.75 Å². The molecular weight excluding hydrogens is 252 g/mol. The van der Waals surface area contributed by atoms with Crippen molar-refractivity contribution in [1.29, 1.82) is 0 Å². The Morgan fingerprint density at radius 3 is 2.40 bits per heavy atom. The van der Waals surface area contributed by atoms with Gasteiger partial charge in [-0.2, -0.15) is 0 Å². The first-order valence-electron chi connectivity index (χ1n) is 7.17. The molecule has 1 unspecified atom stereocenters. The molecule has 1 aromatic rings. The summed E-state index contributed by atoms with van der Waals surface area (Å²) in [6, 6.07) is 8.00. The SMILES string of the molecule is CNC(C)CNC(=O)Cc1ccc(OCC(C)C)cc1. The molecule has 0 bridgehead atoms. The van der Waals surface area contributed by atoms with Crippen LogP contribution < -0.4 is 15.4 Å². The lowest BCUT2D eigenvalue weighted by Crippen LogP contribution is -2.37. The zero-order valence-corrected chi connectivity index (χ0v) is 12.9. The second kappa shape index (κ2) is 8.59. The molecule has 4 heteroatoms. The number of benzene rings is 1. The molecule has 1 rings (SSSR count). The highest BCUT2D eigenvalue weighted by Crippen LogP contribution is 2.13. The van der Waals surface area contributed by atoms with Crippen molar-refractivity contribution < 1.29 is 9.53 Å². The number of carbonyl (C=O) groups is 1. The van der Waals surface area contributed by atoms with Crippen LogP contribution in [0.15, 0.2) is 24.3 Å². The average molecular weight is 278 g/mol. The normalized spacial score (nSPS) is 12.2. The molecule has 0 aromatic heterocycles. The number of rotatable bonds is 8. The molecule has 0 radical (unpaired) electrons. The van der Waals surface area contributed by atoms with Gasteiger partial charge in [-0.05, 0) is 37.6 Å². The fraction of sp³-hybridized carbons (Fsp3) is 0.562. The van der Waals surface area contributed by atoms with Crippen LogP contribution in [0.2, 0.25) is 0 Å². The Labute approximate surface area is 121 Å². The molecule has 20 heavy (non-hydrogen) atoms. The molecular formula is C16H26N2O2. The lowest BCUT2D eigenvalue weighted by Gasteiger charge is -2.12. The zero-order valence-electron chi connectivity index (χ0n) is 12.9. The minimum absolute atomic E-state index is 0.0444. The minimum atomic E-state index is 0.0444. The molecule has 1 atom stereocenters. The van der Waals surface area contributed by atoms with E-state index in [1.807, 2.05) is 38.2 Å². The van der Waals surface area contributed by atoms with Gasteiger partial charge in [-0.1, -0.05) is 26.0 Å². The highest BCUT2D eigenvalue weighted by atomic mass is 16.5. The summed E-state index contributed by atoms with van der Waals surface area (Å²) in [5, 5.41) is 5.99. The number of hydrogen-bond donors (Lipinski definition) is 2. The Kier molecular flexibility index (Phi) is 7.09. The number of hydrogen-bond acceptors (Lipinski definition) is 3. The highest BCUT2D eigenvalue weighted by Gasteiger charge is 2.05. The molecule has 112 valence electrons. The van der Waals surface area contributed by atoms with E-state index in [0.717, 1.165) is 11.3 Å². The summed E-state index contributed by atoms with van der Waals surface area (Å²) in [4.78, 5) is 11.8. The van der Waals surface area contributed by atoms with Gasteiger partial charge in [0.15, 0.2) is 0 Å². The molecule has 0 aliphatic heterocycles. The molecule has 2 N–H and O–H groups in total. The summed E-state index contributed by atoms with van der Waals surface area (Å²) in [7, 11) is 1.88. The summed E-state index contributed by atoms with van der Waals surface area (Å²) in [6.45, 7) is 7.61. The van der Waals surface area contributed by atoms with Crippen molar-refractivity contribution in [3.63, 3.8) is 0 Å². The van der Waals surface area contributed by atoms with Gasteiger partial charge in [0.1, 0.15) is 5.75 Å². The van der Waals surface area contributed by atoms with Gasteiger partial charge in [-0.15, -0.1) is 0 Å². The van der Waals surface area contributed by atoms with Crippen LogP contribution in [0, 0.1) is 5.92 Å². The Bertz CT molecular complexity index is 401. The molecule has 0 aliphatic rings. The second-order valence-corrected chi connectivity index (χ2v) is 5.52. The number of carbonyl (C=O) groups excluding carboxylic acids is 1. The molecule has 4 nitrogen and oxygen atoms in total. The quantitative estimate of drug-likeness (QED) is 0.764. The molecule has 0 heterocycles. The van der Waals surface area contributed by atoms with Crippen LogP contribution in [0.3, 0.4) is 0 Å². The third-order valence-electron chi connectivity index (χ3n) is 2.97. The van der Waals surface area contributed by atoms with Gasteiger partial charge in [0.2, 0.25) is 5.91 Å². The van der Waals surface area contributed by atoms with E-state index in [1.54, 1.807) is 0 Å². The summed E-state index contributed by atoms with van der Waals surface area (Å²) in [6.07, 6.45) is 0.404. The summed E-state index contributed by atoms with van der Waals surface area (Å²) < 4.78 is 5.61. The maximum Gasteiger partial charge on any atom is 0.224 e. The zero-order chi connectivity index (χ0) is 15.0. The fourth-order valence-corrected chi connectivity index (χ4v) is 1.58. The van der Waals surface area contributed by atoms with E-state index < -0.39 is 0 Å². The Balaban J connectivity index is 2.38.